The van der Waals surface area contributed by atoms with E-state index in [0.29, 0.717) is 6.07 Å². The summed E-state index contributed by atoms with van der Waals surface area (Å²) in [7, 11) is 0. The molecule has 94 valence electrons. The van der Waals surface area contributed by atoms with Gasteiger partial charge < -0.3 is 11.1 Å². The molecule has 17 heavy (non-hydrogen) atoms. The molecule has 0 aliphatic carbocycles. The van der Waals surface area contributed by atoms with Crippen LogP contribution in [0.1, 0.15) is 0 Å². The Morgan fingerprint density at radius 3 is 2.59 bits per heavy atom. The molecule has 0 atom stereocenters. The Balaban J connectivity index is 2.81. The van der Waals surface area contributed by atoms with Crippen molar-refractivity contribution >= 4 is 11.4 Å². The summed E-state index contributed by atoms with van der Waals surface area (Å²) in [5.74, 6) is -4.03. The van der Waals surface area contributed by atoms with Gasteiger partial charge in [-0.1, -0.05) is 0 Å². The Bertz CT molecular complexity index is 426. The molecule has 1 rings (SSSR count). The molecule has 1 aromatic rings. The third-order valence-corrected chi connectivity index (χ3v) is 1.94. The highest BCUT2D eigenvalue weighted by Gasteiger charge is 2.26. The van der Waals surface area contributed by atoms with Crippen molar-refractivity contribution in [3.05, 3.63) is 34.1 Å². The largest absolute Gasteiger partial charge is 0.379 e. The second-order valence-electron chi connectivity index (χ2n) is 3.37. The van der Waals surface area contributed by atoms with Gasteiger partial charge in [-0.05, 0) is 6.07 Å². The van der Waals surface area contributed by atoms with Crippen molar-refractivity contribution in [3.63, 3.8) is 0 Å². The number of hydrogen-bond acceptors (Lipinski definition) is 4. The molecule has 0 aromatic heterocycles. The predicted molar refractivity (Wildman–Crippen MR) is 55.5 cm³/mol. The molecule has 0 heterocycles. The lowest BCUT2D eigenvalue weighted by Gasteiger charge is -2.15. The molecule has 0 radical (unpaired) electrons. The Hall–Kier alpha value is -1.83. The molecule has 8 heteroatoms. The number of benzene rings is 1. The molecule has 0 bridgehead atoms. The minimum Gasteiger partial charge on any atom is -0.379 e. The Morgan fingerprint density at radius 1 is 1.41 bits per heavy atom. The molecular formula is C9H10F3N3O2. The topological polar surface area (TPSA) is 81.2 Å². The van der Waals surface area contributed by atoms with Crippen LogP contribution in [0.3, 0.4) is 0 Å². The minimum atomic E-state index is -3.15. The van der Waals surface area contributed by atoms with Gasteiger partial charge in [0.05, 0.1) is 24.1 Å². The van der Waals surface area contributed by atoms with Gasteiger partial charge in [0.2, 0.25) is 0 Å². The minimum absolute atomic E-state index is 0.0928. The zero-order valence-corrected chi connectivity index (χ0v) is 8.62. The van der Waals surface area contributed by atoms with Crippen LogP contribution in [-0.4, -0.2) is 23.9 Å². The van der Waals surface area contributed by atoms with Crippen molar-refractivity contribution in [2.24, 2.45) is 5.73 Å². The van der Waals surface area contributed by atoms with Crippen molar-refractivity contribution in [3.8, 4) is 0 Å². The summed E-state index contributed by atoms with van der Waals surface area (Å²) in [6.45, 7) is -1.68. The highest BCUT2D eigenvalue weighted by atomic mass is 19.3. The maximum absolute atomic E-state index is 12.9. The maximum Gasteiger partial charge on any atom is 0.276 e. The summed E-state index contributed by atoms with van der Waals surface area (Å²) < 4.78 is 38.5. The quantitative estimate of drug-likeness (QED) is 0.615. The van der Waals surface area contributed by atoms with Gasteiger partial charge in [-0.2, -0.15) is 0 Å². The van der Waals surface area contributed by atoms with Gasteiger partial charge in [-0.3, -0.25) is 10.1 Å². The van der Waals surface area contributed by atoms with Crippen LogP contribution in [0.5, 0.6) is 0 Å². The van der Waals surface area contributed by atoms with Crippen LogP contribution in [0.4, 0.5) is 24.5 Å². The van der Waals surface area contributed by atoms with Gasteiger partial charge in [0.1, 0.15) is 5.82 Å². The lowest BCUT2D eigenvalue weighted by molar-refractivity contribution is -0.385. The summed E-state index contributed by atoms with van der Waals surface area (Å²) in [5.41, 5.74) is 4.20. The smallest absolute Gasteiger partial charge is 0.276 e. The number of nitrogens with two attached hydrogens (primary N) is 1. The molecule has 0 saturated heterocycles. The first-order valence-corrected chi connectivity index (χ1v) is 4.61. The molecule has 3 N–H and O–H groups in total. The van der Waals surface area contributed by atoms with Crippen LogP contribution >= 0.6 is 0 Å². The second kappa shape index (κ2) is 5.00. The Labute approximate surface area is 94.6 Å². The number of nitro groups is 1. The SMILES string of the molecule is NCC(F)(F)CNc1cc(F)cc([N+](=O)[O-])c1. The van der Waals surface area contributed by atoms with Crippen LogP contribution in [0.15, 0.2) is 18.2 Å². The predicted octanol–water partition coefficient (Wildman–Crippen LogP) is 1.74. The highest BCUT2D eigenvalue weighted by molar-refractivity contribution is 5.51. The van der Waals surface area contributed by atoms with E-state index < -0.39 is 35.4 Å². The molecule has 0 amide bonds. The van der Waals surface area contributed by atoms with Crippen molar-refractivity contribution in [1.82, 2.24) is 0 Å². The van der Waals surface area contributed by atoms with Crippen LogP contribution in [0, 0.1) is 15.9 Å². The van der Waals surface area contributed by atoms with Gasteiger partial charge in [-0.15, -0.1) is 0 Å². The summed E-state index contributed by atoms with van der Waals surface area (Å²) >= 11 is 0. The molecule has 1 aromatic carbocycles. The third kappa shape index (κ3) is 3.91. The number of nitro benzene ring substituents is 1. The average molecular weight is 249 g/mol. The number of halogens is 3. The van der Waals surface area contributed by atoms with Crippen LogP contribution in [0.2, 0.25) is 0 Å². The lowest BCUT2D eigenvalue weighted by atomic mass is 10.2. The second-order valence-corrected chi connectivity index (χ2v) is 3.37. The fourth-order valence-electron chi connectivity index (χ4n) is 1.09. The first-order valence-electron chi connectivity index (χ1n) is 4.61. The van der Waals surface area contributed by atoms with E-state index in [4.69, 9.17) is 5.73 Å². The van der Waals surface area contributed by atoms with Gasteiger partial charge >= 0.3 is 0 Å². The van der Waals surface area contributed by atoms with Crippen LogP contribution in [0.25, 0.3) is 0 Å². The van der Waals surface area contributed by atoms with E-state index in [-0.39, 0.29) is 5.69 Å². The van der Waals surface area contributed by atoms with Crippen molar-refractivity contribution in [2.45, 2.75) is 5.92 Å². The third-order valence-electron chi connectivity index (χ3n) is 1.94. The number of nitrogens with one attached hydrogen (secondary N) is 1. The average Bonchev–Trinajstić information content (AvgIpc) is 2.26. The molecular weight excluding hydrogens is 239 g/mol. The molecule has 0 aliphatic heterocycles. The highest BCUT2D eigenvalue weighted by Crippen LogP contribution is 2.21. The summed E-state index contributed by atoms with van der Waals surface area (Å²) in [5, 5.41) is 12.6. The van der Waals surface area contributed by atoms with Crippen molar-refractivity contribution in [1.29, 1.82) is 0 Å². The number of anilines is 1. The van der Waals surface area contributed by atoms with Crippen LogP contribution < -0.4 is 11.1 Å². The molecule has 0 unspecified atom stereocenters. The Morgan fingerprint density at radius 2 is 2.06 bits per heavy atom. The number of non-ortho nitro benzene ring substituents is 1. The molecule has 5 nitrogen and oxygen atoms in total. The fourth-order valence-corrected chi connectivity index (χ4v) is 1.09. The Kier molecular flexibility index (Phi) is 3.89. The van der Waals surface area contributed by atoms with Gasteiger partial charge in [0, 0.05) is 11.8 Å². The van der Waals surface area contributed by atoms with Gasteiger partial charge in [0.15, 0.2) is 0 Å². The number of hydrogen-bond donors (Lipinski definition) is 2. The monoisotopic (exact) mass is 249 g/mol. The van der Waals surface area contributed by atoms with Crippen molar-refractivity contribution in [2.75, 3.05) is 18.4 Å². The van der Waals surface area contributed by atoms with E-state index >= 15 is 0 Å². The first-order chi connectivity index (χ1) is 7.84. The molecule has 0 aliphatic rings. The normalized spacial score (nSPS) is 11.3. The van der Waals surface area contributed by atoms with Crippen molar-refractivity contribution < 1.29 is 18.1 Å². The fraction of sp³-hybridized carbons (Fsp3) is 0.333. The number of alkyl halides is 2. The van der Waals surface area contributed by atoms with Crippen LogP contribution in [-0.2, 0) is 0 Å². The number of nitrogens with zero attached hydrogens (tertiary/aromatic N) is 1. The first kappa shape index (κ1) is 13.2. The molecule has 0 fully saturated rings. The van der Waals surface area contributed by atoms with E-state index in [9.17, 15) is 23.3 Å². The summed E-state index contributed by atoms with van der Waals surface area (Å²) in [6, 6.07) is 2.56. The maximum atomic E-state index is 12.9. The van der Waals surface area contributed by atoms with E-state index in [1.54, 1.807) is 0 Å². The van der Waals surface area contributed by atoms with E-state index in [0.717, 1.165) is 12.1 Å². The number of rotatable bonds is 5. The zero-order valence-electron chi connectivity index (χ0n) is 8.62. The lowest BCUT2D eigenvalue weighted by Crippen LogP contribution is -2.35. The standard InChI is InChI=1S/C9H10F3N3O2/c10-6-1-7(3-8(2-6)15(16)17)14-5-9(11,12)4-13/h1-3,14H,4-5,13H2. The van der Waals surface area contributed by atoms with Gasteiger partial charge in [-0.25, -0.2) is 13.2 Å². The molecule has 0 saturated carbocycles. The van der Waals surface area contributed by atoms with Gasteiger partial charge in [0.25, 0.3) is 11.6 Å². The van der Waals surface area contributed by atoms with E-state index in [1.807, 2.05) is 0 Å². The van der Waals surface area contributed by atoms with E-state index in [2.05, 4.69) is 5.32 Å². The summed E-state index contributed by atoms with van der Waals surface area (Å²) in [4.78, 5) is 9.60. The zero-order chi connectivity index (χ0) is 13.1. The summed E-state index contributed by atoms with van der Waals surface area (Å²) in [6.07, 6.45) is 0. The van der Waals surface area contributed by atoms with E-state index in [1.165, 1.54) is 0 Å². The molecule has 0 spiro atoms.